The predicted octanol–water partition coefficient (Wildman–Crippen LogP) is 7.27. The molecule has 3 fully saturated rings. The van der Waals surface area contributed by atoms with Crippen LogP contribution in [0.4, 0.5) is 0 Å². The molecular formula is C33H58N2O6Pt+4. The fourth-order valence-electron chi connectivity index (χ4n) is 9.67. The van der Waals surface area contributed by atoms with Crippen LogP contribution in [0.1, 0.15) is 118 Å². The molecule has 9 heteroatoms. The maximum Gasteiger partial charge on any atom is 4.00 e. The van der Waals surface area contributed by atoms with E-state index in [0.717, 1.165) is 55.3 Å². The van der Waals surface area contributed by atoms with E-state index in [0.29, 0.717) is 11.3 Å². The first-order valence-corrected chi connectivity index (χ1v) is 15.7. The van der Waals surface area contributed by atoms with E-state index in [-0.39, 0.29) is 51.3 Å². The van der Waals surface area contributed by atoms with Crippen LogP contribution < -0.4 is 0 Å². The number of rotatable bonds is 11. The fraction of sp³-hybridized carbons (Fsp3) is 0.848. The van der Waals surface area contributed by atoms with Crippen LogP contribution in [-0.2, 0) is 40.2 Å². The van der Waals surface area contributed by atoms with Crippen LogP contribution in [-0.4, -0.2) is 34.2 Å². The molecular weight excluding hydrogens is 715 g/mol. The third-order valence-electron chi connectivity index (χ3n) is 11.8. The van der Waals surface area contributed by atoms with E-state index in [4.69, 9.17) is 14.9 Å². The van der Waals surface area contributed by atoms with Crippen molar-refractivity contribution in [2.45, 2.75) is 124 Å². The van der Waals surface area contributed by atoms with Crippen LogP contribution in [0, 0.1) is 52.3 Å². The Kier molecular flexibility index (Phi) is 14.5. The molecule has 9 unspecified atom stereocenters. The van der Waals surface area contributed by atoms with Gasteiger partial charge in [-0.25, -0.2) is 0 Å². The molecule has 0 bridgehead atoms. The molecule has 42 heavy (non-hydrogen) atoms. The SMILES string of the molecule is CC(C)CCCC(C)C1CCC2C3CC=C4CC(OC(=O)CC(CC(=O)[OH2+])C(=O)[OH2+])CCC4(C)C3CCC12C.[NH2-].[NH2-].[Pt+4]. The minimum absolute atomic E-state index is 0. The van der Waals surface area contributed by atoms with Gasteiger partial charge in [-0.2, -0.15) is 0 Å². The molecule has 0 radical (unpaired) electrons. The van der Waals surface area contributed by atoms with Gasteiger partial charge < -0.3 is 27.3 Å². The summed E-state index contributed by atoms with van der Waals surface area (Å²) in [6, 6.07) is 0. The smallest absolute Gasteiger partial charge is 0.693 e. The summed E-state index contributed by atoms with van der Waals surface area (Å²) in [5, 5.41) is 14.4. The van der Waals surface area contributed by atoms with Crippen molar-refractivity contribution in [1.82, 2.24) is 0 Å². The Bertz CT molecular complexity index is 972. The van der Waals surface area contributed by atoms with Crippen LogP contribution >= 0.6 is 0 Å². The first-order valence-electron chi connectivity index (χ1n) is 15.7. The van der Waals surface area contributed by atoms with Crippen LogP contribution in [0.2, 0.25) is 0 Å². The number of esters is 1. The summed E-state index contributed by atoms with van der Waals surface area (Å²) >= 11 is 0. The zero-order chi connectivity index (χ0) is 28.5. The Labute approximate surface area is 268 Å². The molecule has 4 aliphatic rings. The molecule has 0 spiro atoms. The average Bonchev–Trinajstić information content (AvgIpc) is 3.20. The van der Waals surface area contributed by atoms with Gasteiger partial charge in [-0.15, -0.1) is 0 Å². The van der Waals surface area contributed by atoms with Crippen molar-refractivity contribution >= 4 is 17.9 Å². The molecule has 0 aromatic rings. The zero-order valence-corrected chi connectivity index (χ0v) is 28.8. The molecule has 0 saturated heterocycles. The zero-order valence-electron chi connectivity index (χ0n) is 26.5. The minimum Gasteiger partial charge on any atom is -0.693 e. The van der Waals surface area contributed by atoms with Gasteiger partial charge in [-0.1, -0.05) is 65.5 Å². The Morgan fingerprint density at radius 1 is 0.952 bits per heavy atom. The third kappa shape index (κ3) is 8.07. The number of hydrogen-bond acceptors (Lipinski definition) is 4. The summed E-state index contributed by atoms with van der Waals surface area (Å²) in [7, 11) is 0. The van der Waals surface area contributed by atoms with Crippen molar-refractivity contribution in [3.8, 4) is 0 Å². The molecule has 8 nitrogen and oxygen atoms in total. The van der Waals surface area contributed by atoms with E-state index in [1.807, 2.05) is 0 Å². The van der Waals surface area contributed by atoms with Crippen molar-refractivity contribution in [3.05, 3.63) is 24.0 Å². The quantitative estimate of drug-likeness (QED) is 0.122. The van der Waals surface area contributed by atoms with E-state index in [9.17, 15) is 14.4 Å². The fourth-order valence-corrected chi connectivity index (χ4v) is 9.67. The summed E-state index contributed by atoms with van der Waals surface area (Å²) in [6.45, 7) is 12.3. The van der Waals surface area contributed by atoms with E-state index in [2.05, 4.69) is 40.7 Å². The van der Waals surface area contributed by atoms with Gasteiger partial charge in [0.2, 0.25) is 0 Å². The van der Waals surface area contributed by atoms with Crippen molar-refractivity contribution < 1.29 is 50.4 Å². The van der Waals surface area contributed by atoms with Crippen LogP contribution in [0.15, 0.2) is 11.6 Å². The number of carbonyl (C=O) groups is 3. The molecule has 0 aromatic carbocycles. The van der Waals surface area contributed by atoms with E-state index >= 15 is 0 Å². The number of fused-ring (bicyclic) bond motifs is 5. The van der Waals surface area contributed by atoms with E-state index in [1.165, 1.54) is 50.5 Å². The largest absolute Gasteiger partial charge is 4.00 e. The van der Waals surface area contributed by atoms with Crippen LogP contribution in [0.25, 0.3) is 12.3 Å². The third-order valence-corrected chi connectivity index (χ3v) is 11.8. The number of carbonyl (C=O) groups excluding carboxylic acids is 3. The second-order valence-electron chi connectivity index (χ2n) is 14.5. The molecule has 0 amide bonds. The Hall–Kier alpha value is -1.24. The summed E-state index contributed by atoms with van der Waals surface area (Å²) in [5.41, 5.74) is 2.09. The number of ether oxygens (including phenoxy) is 1. The Morgan fingerprint density at radius 3 is 2.26 bits per heavy atom. The maximum atomic E-state index is 12.6. The van der Waals surface area contributed by atoms with Gasteiger partial charge in [0.05, 0.1) is 6.42 Å². The molecule has 4 rings (SSSR count). The number of nitrogens with two attached hydrogens (primary N) is 2. The topological polar surface area (TPSA) is 173 Å². The molecule has 8 N–H and O–H groups in total. The van der Waals surface area contributed by atoms with Crippen LogP contribution in [0.5, 0.6) is 0 Å². The standard InChI is InChI=1S/C33H52O6.2H2N.Pt/c1-20(2)7-6-8-21(3)26-11-12-27-25-10-9-23-19-24(39-30(36)18-22(31(37)38)17-29(34)35)13-15-32(23,4)28(25)14-16-33(26,27)5;;;/h9,20-22,24-28H,6-8,10-19H2,1-5H3,(H,34,35)(H,37,38);2*1H2;/q;2*-1;+4/p+2. The van der Waals surface area contributed by atoms with E-state index < -0.39 is 30.2 Å². The Morgan fingerprint density at radius 2 is 1.64 bits per heavy atom. The molecule has 4 aliphatic carbocycles. The maximum absolute atomic E-state index is 12.6. The second-order valence-corrected chi connectivity index (χ2v) is 14.5. The normalized spacial score (nSPS) is 34.5. The minimum atomic E-state index is -1.07. The number of allylic oxidation sites excluding steroid dienone is 1. The monoisotopic (exact) mass is 773 g/mol. The summed E-state index contributed by atoms with van der Waals surface area (Å²) in [5.74, 6) is 1.24. The summed E-state index contributed by atoms with van der Waals surface area (Å²) < 4.78 is 5.77. The predicted molar refractivity (Wildman–Crippen MR) is 163 cm³/mol. The van der Waals surface area contributed by atoms with Crippen molar-refractivity contribution in [2.75, 3.05) is 0 Å². The summed E-state index contributed by atoms with van der Waals surface area (Å²) in [4.78, 5) is 35.2. The van der Waals surface area contributed by atoms with Gasteiger partial charge in [-0.05, 0) is 91.3 Å². The molecule has 3 saturated carbocycles. The molecule has 0 aliphatic heterocycles. The Balaban J connectivity index is 0.00000294. The van der Waals surface area contributed by atoms with Crippen molar-refractivity contribution in [2.24, 2.45) is 52.3 Å². The van der Waals surface area contributed by atoms with Crippen molar-refractivity contribution in [3.63, 3.8) is 0 Å². The molecule has 242 valence electrons. The van der Waals surface area contributed by atoms with Gasteiger partial charge in [0.15, 0.2) is 0 Å². The van der Waals surface area contributed by atoms with Gasteiger partial charge in [0, 0.05) is 16.0 Å². The first kappa shape index (κ1) is 38.8. The second kappa shape index (κ2) is 15.7. The average molecular weight is 774 g/mol. The molecule has 0 heterocycles. The van der Waals surface area contributed by atoms with E-state index in [1.54, 1.807) is 0 Å². The van der Waals surface area contributed by atoms with Gasteiger partial charge in [0.25, 0.3) is 0 Å². The molecule has 9 atom stereocenters. The first-order chi connectivity index (χ1) is 18.3. The number of hydrogen-bond donors (Lipinski definition) is 0. The van der Waals surface area contributed by atoms with Gasteiger partial charge in [-0.3, -0.25) is 4.79 Å². The van der Waals surface area contributed by atoms with Gasteiger partial charge >= 0.3 is 39.0 Å². The van der Waals surface area contributed by atoms with Gasteiger partial charge in [0.1, 0.15) is 18.4 Å². The van der Waals surface area contributed by atoms with Crippen molar-refractivity contribution in [1.29, 1.82) is 0 Å². The molecule has 0 aromatic heterocycles. The van der Waals surface area contributed by atoms with Crippen LogP contribution in [0.3, 0.4) is 0 Å². The summed E-state index contributed by atoms with van der Waals surface area (Å²) in [6.07, 6.45) is 14.8.